The molecule has 0 saturated carbocycles. The van der Waals surface area contributed by atoms with Crippen LogP contribution in [-0.2, 0) is 0 Å². The lowest BCUT2D eigenvalue weighted by molar-refractivity contribution is 0.316. The summed E-state index contributed by atoms with van der Waals surface area (Å²) in [5.74, 6) is 0.271. The summed E-state index contributed by atoms with van der Waals surface area (Å²) in [6.45, 7) is 7.22. The molecule has 3 heterocycles. The molecule has 1 fully saturated rings. The first-order valence-corrected chi connectivity index (χ1v) is 10.4. The zero-order chi connectivity index (χ0) is 20.5. The second-order valence-corrected chi connectivity index (χ2v) is 7.86. The molecule has 1 saturated heterocycles. The van der Waals surface area contributed by atoms with Crippen LogP contribution in [-0.4, -0.2) is 31.2 Å². The maximum atomic E-state index is 10.4. The van der Waals surface area contributed by atoms with Gasteiger partial charge in [0, 0.05) is 24.1 Å². The molecule has 3 aromatic rings. The Morgan fingerprint density at radius 3 is 2.59 bits per heavy atom. The number of hydrogen-bond acceptors (Lipinski definition) is 3. The molecular formula is C23H26N4OS. The summed E-state index contributed by atoms with van der Waals surface area (Å²) in [4.78, 5) is 6.87. The SMILES string of the molecule is CCCN1C(=S)N[C@H](c2ccccn2)[C@H]1c1cc(C)n(-c2ccccc2O)c1C. The van der Waals surface area contributed by atoms with Crippen molar-refractivity contribution in [1.29, 1.82) is 0 Å². The van der Waals surface area contributed by atoms with Crippen LogP contribution in [0.3, 0.4) is 0 Å². The van der Waals surface area contributed by atoms with Gasteiger partial charge in [0.1, 0.15) is 5.75 Å². The minimum atomic E-state index is -0.0198. The zero-order valence-electron chi connectivity index (χ0n) is 17.0. The number of phenols is 1. The van der Waals surface area contributed by atoms with Gasteiger partial charge in [-0.25, -0.2) is 0 Å². The van der Waals surface area contributed by atoms with E-state index in [9.17, 15) is 5.11 Å². The fourth-order valence-electron chi connectivity index (χ4n) is 4.34. The molecule has 4 rings (SSSR count). The summed E-state index contributed by atoms with van der Waals surface area (Å²) in [6, 6.07) is 15.7. The van der Waals surface area contributed by atoms with Gasteiger partial charge in [0.05, 0.1) is 23.5 Å². The van der Waals surface area contributed by atoms with Gasteiger partial charge in [0.2, 0.25) is 0 Å². The first-order valence-electron chi connectivity index (χ1n) is 9.98. The largest absolute Gasteiger partial charge is 0.506 e. The molecular weight excluding hydrogens is 380 g/mol. The second kappa shape index (κ2) is 7.87. The highest BCUT2D eigenvalue weighted by atomic mass is 32.1. The van der Waals surface area contributed by atoms with Gasteiger partial charge in [0.25, 0.3) is 0 Å². The maximum absolute atomic E-state index is 10.4. The van der Waals surface area contributed by atoms with Crippen molar-refractivity contribution >= 4 is 17.3 Å². The lowest BCUT2D eigenvalue weighted by Crippen LogP contribution is -2.30. The van der Waals surface area contributed by atoms with Crippen LogP contribution >= 0.6 is 12.2 Å². The van der Waals surface area contributed by atoms with Crippen LogP contribution in [0.1, 0.15) is 48.1 Å². The van der Waals surface area contributed by atoms with Crippen LogP contribution in [0, 0.1) is 13.8 Å². The Balaban J connectivity index is 1.85. The van der Waals surface area contributed by atoms with Crippen molar-refractivity contribution in [2.75, 3.05) is 6.54 Å². The van der Waals surface area contributed by atoms with Crippen LogP contribution in [0.4, 0.5) is 0 Å². The van der Waals surface area contributed by atoms with Gasteiger partial charge in [-0.2, -0.15) is 0 Å². The minimum Gasteiger partial charge on any atom is -0.506 e. The number of phenolic OH excluding ortho intramolecular Hbond substituents is 1. The molecule has 5 nitrogen and oxygen atoms in total. The molecule has 29 heavy (non-hydrogen) atoms. The van der Waals surface area contributed by atoms with Crippen LogP contribution in [0.25, 0.3) is 5.69 Å². The zero-order valence-corrected chi connectivity index (χ0v) is 17.8. The fraction of sp³-hybridized carbons (Fsp3) is 0.304. The Kier molecular flexibility index (Phi) is 5.28. The molecule has 2 atom stereocenters. The monoisotopic (exact) mass is 406 g/mol. The van der Waals surface area contributed by atoms with E-state index in [0.717, 1.165) is 40.8 Å². The Bertz CT molecular complexity index is 1030. The molecule has 0 spiro atoms. The lowest BCUT2D eigenvalue weighted by atomic mass is 9.96. The molecule has 150 valence electrons. The normalized spacial score (nSPS) is 18.9. The van der Waals surface area contributed by atoms with E-state index in [1.54, 1.807) is 6.07 Å². The van der Waals surface area contributed by atoms with Gasteiger partial charge in [-0.15, -0.1) is 0 Å². The molecule has 0 amide bonds. The number of aromatic nitrogens is 2. The van der Waals surface area contributed by atoms with Crippen LogP contribution in [0.2, 0.25) is 0 Å². The van der Waals surface area contributed by atoms with E-state index in [2.05, 4.69) is 46.6 Å². The van der Waals surface area contributed by atoms with Crippen molar-refractivity contribution in [2.45, 2.75) is 39.3 Å². The highest BCUT2D eigenvalue weighted by molar-refractivity contribution is 7.80. The van der Waals surface area contributed by atoms with Crippen LogP contribution in [0.15, 0.2) is 54.7 Å². The molecule has 2 aromatic heterocycles. The number of para-hydroxylation sites is 2. The minimum absolute atomic E-state index is 0.0198. The number of aryl methyl sites for hydroxylation is 1. The third-order valence-electron chi connectivity index (χ3n) is 5.57. The third kappa shape index (κ3) is 3.38. The third-order valence-corrected chi connectivity index (χ3v) is 5.93. The molecule has 1 aliphatic heterocycles. The Morgan fingerprint density at radius 1 is 1.14 bits per heavy atom. The van der Waals surface area contributed by atoms with E-state index in [-0.39, 0.29) is 17.8 Å². The standard InChI is InChI=1S/C23H26N4OS/c1-4-13-26-22(21(25-23(26)29)18-9-7-8-12-24-18)17-14-15(2)27(16(17)3)19-10-5-6-11-20(19)28/h5-12,14,21-22,28H,4,13H2,1-3H3,(H,25,29)/t21-,22-/m1/s1. The average molecular weight is 407 g/mol. The highest BCUT2D eigenvalue weighted by Gasteiger charge is 2.41. The number of nitrogens with one attached hydrogen (secondary N) is 1. The van der Waals surface area contributed by atoms with Gasteiger partial charge < -0.3 is 19.9 Å². The molecule has 6 heteroatoms. The van der Waals surface area contributed by atoms with Crippen molar-refractivity contribution in [3.8, 4) is 11.4 Å². The fourth-order valence-corrected chi connectivity index (χ4v) is 4.67. The van der Waals surface area contributed by atoms with Gasteiger partial charge >= 0.3 is 0 Å². The predicted octanol–water partition coefficient (Wildman–Crippen LogP) is 4.58. The van der Waals surface area contributed by atoms with Crippen molar-refractivity contribution in [1.82, 2.24) is 19.8 Å². The molecule has 1 aliphatic rings. The lowest BCUT2D eigenvalue weighted by Gasteiger charge is -2.27. The van der Waals surface area contributed by atoms with Gasteiger partial charge in [0.15, 0.2) is 5.11 Å². The first kappa shape index (κ1) is 19.5. The smallest absolute Gasteiger partial charge is 0.170 e. The Hall–Kier alpha value is -2.86. The highest BCUT2D eigenvalue weighted by Crippen LogP contribution is 2.41. The van der Waals surface area contributed by atoms with Crippen molar-refractivity contribution < 1.29 is 5.11 Å². The quantitative estimate of drug-likeness (QED) is 0.608. The topological polar surface area (TPSA) is 53.3 Å². The maximum Gasteiger partial charge on any atom is 0.170 e. The van der Waals surface area contributed by atoms with Crippen LogP contribution < -0.4 is 5.32 Å². The summed E-state index contributed by atoms with van der Waals surface area (Å²) in [5, 5.41) is 14.7. The van der Waals surface area contributed by atoms with Gasteiger partial charge in [-0.1, -0.05) is 25.1 Å². The Morgan fingerprint density at radius 2 is 1.90 bits per heavy atom. The van der Waals surface area contributed by atoms with E-state index < -0.39 is 0 Å². The molecule has 2 N–H and O–H groups in total. The average Bonchev–Trinajstić information content (AvgIpc) is 3.19. The summed E-state index contributed by atoms with van der Waals surface area (Å²) < 4.78 is 2.12. The van der Waals surface area contributed by atoms with Crippen LogP contribution in [0.5, 0.6) is 5.75 Å². The number of hydrogen-bond donors (Lipinski definition) is 2. The van der Waals surface area contributed by atoms with Gasteiger partial charge in [-0.3, -0.25) is 4.98 Å². The van der Waals surface area contributed by atoms with E-state index in [0.29, 0.717) is 0 Å². The first-order chi connectivity index (χ1) is 14.0. The Labute approximate surface area is 177 Å². The predicted molar refractivity (Wildman–Crippen MR) is 119 cm³/mol. The summed E-state index contributed by atoms with van der Waals surface area (Å²) in [7, 11) is 0. The van der Waals surface area contributed by atoms with Crippen molar-refractivity contribution in [2.24, 2.45) is 0 Å². The molecule has 0 unspecified atom stereocenters. The molecule has 1 aromatic carbocycles. The number of thiocarbonyl (C=S) groups is 1. The summed E-state index contributed by atoms with van der Waals surface area (Å²) in [5.41, 5.74) is 5.14. The molecule has 0 radical (unpaired) electrons. The van der Waals surface area contributed by atoms with E-state index in [4.69, 9.17) is 12.2 Å². The van der Waals surface area contributed by atoms with E-state index in [1.807, 2.05) is 42.6 Å². The van der Waals surface area contributed by atoms with Crippen molar-refractivity contribution in [3.05, 3.63) is 77.4 Å². The van der Waals surface area contributed by atoms with Gasteiger partial charge in [-0.05, 0) is 68.4 Å². The number of rotatable bonds is 5. The second-order valence-electron chi connectivity index (χ2n) is 7.47. The number of benzene rings is 1. The number of aromatic hydroxyl groups is 1. The van der Waals surface area contributed by atoms with Crippen molar-refractivity contribution in [3.63, 3.8) is 0 Å². The summed E-state index contributed by atoms with van der Waals surface area (Å²) in [6.07, 6.45) is 2.83. The number of pyridine rings is 1. The summed E-state index contributed by atoms with van der Waals surface area (Å²) >= 11 is 5.70. The number of nitrogens with zero attached hydrogens (tertiary/aromatic N) is 3. The molecule has 0 aliphatic carbocycles. The van der Waals surface area contributed by atoms with E-state index >= 15 is 0 Å². The van der Waals surface area contributed by atoms with E-state index in [1.165, 1.54) is 5.56 Å². The molecule has 0 bridgehead atoms.